The summed E-state index contributed by atoms with van der Waals surface area (Å²) in [5.41, 5.74) is 0. The number of rotatable bonds is 8. The molecule has 0 radical (unpaired) electrons. The Labute approximate surface area is 113 Å². The average molecular weight is 260 g/mol. The highest BCUT2D eigenvalue weighted by atomic mass is 16.5. The molecule has 4 heteroatoms. The Morgan fingerprint density at radius 2 is 1.50 bits per heavy atom. The van der Waals surface area contributed by atoms with Crippen molar-refractivity contribution < 1.29 is 9.47 Å². The number of ether oxygens (including phenoxy) is 2. The number of likely N-dealkylation sites (N-methyl/N-ethyl adjacent to an activating group) is 1. The van der Waals surface area contributed by atoms with Gasteiger partial charge in [-0.2, -0.15) is 0 Å². The molecule has 0 bridgehead atoms. The number of piperazine rings is 1. The zero-order valence-electron chi connectivity index (χ0n) is 12.8. The first-order valence-corrected chi connectivity index (χ1v) is 7.30. The Morgan fingerprint density at radius 3 is 2.11 bits per heavy atom. The van der Waals surface area contributed by atoms with Crippen molar-refractivity contribution in [3.05, 3.63) is 0 Å². The number of nitrogens with zero attached hydrogens (tertiary/aromatic N) is 2. The minimum atomic E-state index is 0.804. The quantitative estimate of drug-likeness (QED) is 0.620. The van der Waals surface area contributed by atoms with E-state index >= 15 is 0 Å². The molecular formula is C14H32N2O2. The molecule has 0 saturated carbocycles. The van der Waals surface area contributed by atoms with E-state index in [9.17, 15) is 0 Å². The summed E-state index contributed by atoms with van der Waals surface area (Å²) in [5.74, 6) is 0. The van der Waals surface area contributed by atoms with Crippen LogP contribution in [0.5, 0.6) is 0 Å². The second-order valence-corrected chi connectivity index (χ2v) is 4.46. The van der Waals surface area contributed by atoms with Gasteiger partial charge in [-0.25, -0.2) is 0 Å². The van der Waals surface area contributed by atoms with Gasteiger partial charge in [0.1, 0.15) is 0 Å². The average Bonchev–Trinajstić information content (AvgIpc) is 2.42. The van der Waals surface area contributed by atoms with Crippen molar-refractivity contribution in [2.45, 2.75) is 26.7 Å². The summed E-state index contributed by atoms with van der Waals surface area (Å²) in [6.45, 7) is 12.5. The van der Waals surface area contributed by atoms with Gasteiger partial charge in [-0.1, -0.05) is 13.8 Å². The molecule has 0 atom stereocenters. The predicted molar refractivity (Wildman–Crippen MR) is 77.2 cm³/mol. The van der Waals surface area contributed by atoms with Crippen LogP contribution in [0.15, 0.2) is 0 Å². The molecule has 0 aromatic carbocycles. The minimum Gasteiger partial charge on any atom is -0.385 e. The van der Waals surface area contributed by atoms with E-state index in [-0.39, 0.29) is 0 Å². The van der Waals surface area contributed by atoms with Crippen molar-refractivity contribution >= 4 is 0 Å². The molecule has 18 heavy (non-hydrogen) atoms. The van der Waals surface area contributed by atoms with Gasteiger partial charge in [0.05, 0.1) is 0 Å². The van der Waals surface area contributed by atoms with Crippen LogP contribution in [0.1, 0.15) is 26.7 Å². The molecule has 0 N–H and O–H groups in total. The summed E-state index contributed by atoms with van der Waals surface area (Å²) >= 11 is 0. The lowest BCUT2D eigenvalue weighted by Crippen LogP contribution is -2.44. The van der Waals surface area contributed by atoms with Crippen molar-refractivity contribution in [1.82, 2.24) is 9.80 Å². The van der Waals surface area contributed by atoms with Crippen molar-refractivity contribution in [3.8, 4) is 0 Å². The third kappa shape index (κ3) is 9.83. The number of hydrogen-bond acceptors (Lipinski definition) is 4. The van der Waals surface area contributed by atoms with Crippen molar-refractivity contribution in [1.29, 1.82) is 0 Å². The van der Waals surface area contributed by atoms with Crippen LogP contribution >= 0.6 is 0 Å². The molecule has 1 fully saturated rings. The van der Waals surface area contributed by atoms with Gasteiger partial charge < -0.3 is 19.3 Å². The van der Waals surface area contributed by atoms with Crippen LogP contribution in [0.2, 0.25) is 0 Å². The largest absolute Gasteiger partial charge is 0.385 e. The maximum atomic E-state index is 5.53. The van der Waals surface area contributed by atoms with Crippen LogP contribution in [0.3, 0.4) is 0 Å². The van der Waals surface area contributed by atoms with E-state index in [2.05, 4.69) is 16.8 Å². The summed E-state index contributed by atoms with van der Waals surface area (Å²) in [6, 6.07) is 0. The lowest BCUT2D eigenvalue weighted by Gasteiger charge is -2.32. The Bertz CT molecular complexity index is 160. The van der Waals surface area contributed by atoms with E-state index in [1.165, 1.54) is 32.7 Å². The van der Waals surface area contributed by atoms with Crippen molar-refractivity contribution in [2.75, 3.05) is 66.7 Å². The van der Waals surface area contributed by atoms with E-state index < -0.39 is 0 Å². The second-order valence-electron chi connectivity index (χ2n) is 4.46. The van der Waals surface area contributed by atoms with Crippen LogP contribution in [-0.2, 0) is 9.47 Å². The Balaban J connectivity index is 0.00000137. The molecule has 0 aliphatic carbocycles. The highest BCUT2D eigenvalue weighted by Crippen LogP contribution is 2.00. The van der Waals surface area contributed by atoms with Crippen LogP contribution in [-0.4, -0.2) is 76.5 Å². The third-order valence-electron chi connectivity index (χ3n) is 3.00. The fourth-order valence-electron chi connectivity index (χ4n) is 1.87. The minimum absolute atomic E-state index is 0.804. The van der Waals surface area contributed by atoms with Crippen LogP contribution in [0, 0.1) is 0 Å². The van der Waals surface area contributed by atoms with Gasteiger partial charge in [-0.15, -0.1) is 0 Å². The van der Waals surface area contributed by atoms with E-state index in [1.54, 1.807) is 7.11 Å². The second kappa shape index (κ2) is 13.3. The summed E-state index contributed by atoms with van der Waals surface area (Å²) in [5, 5.41) is 0. The maximum Gasteiger partial charge on any atom is 0.0487 e. The molecule has 1 aliphatic heterocycles. The molecule has 1 heterocycles. The number of methoxy groups -OCH3 is 1. The fourth-order valence-corrected chi connectivity index (χ4v) is 1.87. The van der Waals surface area contributed by atoms with Gasteiger partial charge in [0.25, 0.3) is 0 Å². The summed E-state index contributed by atoms with van der Waals surface area (Å²) in [4.78, 5) is 4.91. The zero-order chi connectivity index (χ0) is 13.6. The highest BCUT2D eigenvalue weighted by Gasteiger charge is 2.12. The van der Waals surface area contributed by atoms with Crippen LogP contribution in [0.4, 0.5) is 0 Å². The van der Waals surface area contributed by atoms with E-state index in [1.807, 2.05) is 13.8 Å². The Hall–Kier alpha value is -0.160. The van der Waals surface area contributed by atoms with Gasteiger partial charge in [-0.05, 0) is 19.9 Å². The van der Waals surface area contributed by atoms with Gasteiger partial charge in [0.2, 0.25) is 0 Å². The van der Waals surface area contributed by atoms with Crippen LogP contribution < -0.4 is 0 Å². The topological polar surface area (TPSA) is 24.9 Å². The van der Waals surface area contributed by atoms with Gasteiger partial charge in [0.15, 0.2) is 0 Å². The molecule has 0 aromatic heterocycles. The Kier molecular flexibility index (Phi) is 13.2. The smallest absolute Gasteiger partial charge is 0.0487 e. The van der Waals surface area contributed by atoms with Gasteiger partial charge in [-0.3, -0.25) is 0 Å². The lowest BCUT2D eigenvalue weighted by atomic mass is 10.3. The molecule has 1 saturated heterocycles. The molecule has 110 valence electrons. The van der Waals surface area contributed by atoms with Gasteiger partial charge >= 0.3 is 0 Å². The SMILES string of the molecule is CC.COCCCOCCCN1CCN(C)CC1. The summed E-state index contributed by atoms with van der Waals surface area (Å²) < 4.78 is 10.5. The Morgan fingerprint density at radius 1 is 0.889 bits per heavy atom. The maximum absolute atomic E-state index is 5.53. The third-order valence-corrected chi connectivity index (χ3v) is 3.00. The summed E-state index contributed by atoms with van der Waals surface area (Å²) in [6.07, 6.45) is 2.15. The summed E-state index contributed by atoms with van der Waals surface area (Å²) in [7, 11) is 3.92. The van der Waals surface area contributed by atoms with Crippen LogP contribution in [0.25, 0.3) is 0 Å². The molecule has 0 aromatic rings. The highest BCUT2D eigenvalue weighted by molar-refractivity contribution is 4.68. The monoisotopic (exact) mass is 260 g/mol. The van der Waals surface area contributed by atoms with E-state index in [0.29, 0.717) is 0 Å². The van der Waals surface area contributed by atoms with E-state index in [4.69, 9.17) is 9.47 Å². The van der Waals surface area contributed by atoms with Crippen molar-refractivity contribution in [3.63, 3.8) is 0 Å². The molecule has 0 unspecified atom stereocenters. The molecule has 1 aliphatic rings. The molecular weight excluding hydrogens is 228 g/mol. The fraction of sp³-hybridized carbons (Fsp3) is 1.00. The standard InChI is InChI=1S/C12H26N2O2.C2H6/c1-13-6-8-14(9-7-13)5-3-11-16-12-4-10-15-2;1-2/h3-12H2,1-2H3;1-2H3. The first-order chi connectivity index (χ1) is 8.83. The first kappa shape index (κ1) is 17.8. The lowest BCUT2D eigenvalue weighted by molar-refractivity contribution is 0.0881. The van der Waals surface area contributed by atoms with Gasteiger partial charge in [0, 0.05) is 59.7 Å². The number of hydrogen-bond donors (Lipinski definition) is 0. The van der Waals surface area contributed by atoms with E-state index in [0.717, 1.165) is 32.7 Å². The zero-order valence-corrected chi connectivity index (χ0v) is 12.8. The predicted octanol–water partition coefficient (Wildman–Crippen LogP) is 1.70. The molecule has 4 nitrogen and oxygen atoms in total. The molecule has 1 rings (SSSR count). The normalized spacial score (nSPS) is 17.3. The molecule has 0 spiro atoms. The molecule has 0 amide bonds. The first-order valence-electron chi connectivity index (χ1n) is 7.30. The van der Waals surface area contributed by atoms with Crippen molar-refractivity contribution in [2.24, 2.45) is 0 Å².